The largest absolute Gasteiger partial charge is 0.455 e. The molecule has 5 aromatic rings. The van der Waals surface area contributed by atoms with Gasteiger partial charge in [0.2, 0.25) is 0 Å². The summed E-state index contributed by atoms with van der Waals surface area (Å²) in [6, 6.07) is 15.1. The first kappa shape index (κ1) is 12.9. The van der Waals surface area contributed by atoms with Crippen molar-refractivity contribution >= 4 is 21.9 Å². The van der Waals surface area contributed by atoms with Crippen LogP contribution >= 0.6 is 0 Å². The second-order valence-corrected chi connectivity index (χ2v) is 9.14. The molecule has 0 bridgehead atoms. The van der Waals surface area contributed by atoms with E-state index < -0.39 is 26.4 Å². The molecule has 0 unspecified atom stereocenters. The summed E-state index contributed by atoms with van der Waals surface area (Å²) in [4.78, 5) is 4.50. The zero-order valence-electron chi connectivity index (χ0n) is 29.0. The molecule has 0 aliphatic heterocycles. The monoisotopic (exact) mass is 455 g/mol. The summed E-state index contributed by atoms with van der Waals surface area (Å²) in [5.41, 5.74) is 3.69. The molecule has 3 aromatic carbocycles. The van der Waals surface area contributed by atoms with Crippen molar-refractivity contribution in [3.05, 3.63) is 88.6 Å². The van der Waals surface area contributed by atoms with Crippen molar-refractivity contribution in [2.24, 2.45) is 0 Å². The van der Waals surface area contributed by atoms with E-state index in [1.807, 2.05) is 19.1 Å². The zero-order valence-corrected chi connectivity index (χ0v) is 19.0. The van der Waals surface area contributed by atoms with Crippen molar-refractivity contribution < 1.29 is 18.1 Å². The summed E-state index contributed by atoms with van der Waals surface area (Å²) in [6.45, 7) is -5.63. The average molecular weight is 456 g/mol. The summed E-state index contributed by atoms with van der Waals surface area (Å²) in [7, 11) is 0. The number of hydrogen-bond donors (Lipinski definition) is 0. The van der Waals surface area contributed by atoms with Gasteiger partial charge >= 0.3 is 0 Å². The number of fused-ring (bicyclic) bond motifs is 3. The van der Waals surface area contributed by atoms with Gasteiger partial charge in [0.15, 0.2) is 0 Å². The van der Waals surface area contributed by atoms with Gasteiger partial charge in [-0.15, -0.1) is 0 Å². The minimum absolute atomic E-state index is 0.00839. The highest BCUT2D eigenvalue weighted by molar-refractivity contribution is 6.10. The lowest BCUT2D eigenvalue weighted by Crippen LogP contribution is -1.96. The van der Waals surface area contributed by atoms with E-state index in [9.17, 15) is 0 Å². The van der Waals surface area contributed by atoms with Gasteiger partial charge in [-0.25, -0.2) is 0 Å². The van der Waals surface area contributed by atoms with Crippen LogP contribution in [0.4, 0.5) is 0 Å². The average Bonchev–Trinajstić information content (AvgIpc) is 3.55. The van der Waals surface area contributed by atoms with Gasteiger partial charge in [0.05, 0.1) is 5.69 Å². The van der Waals surface area contributed by atoms with Crippen LogP contribution < -0.4 is 0 Å². The third-order valence-electron chi connectivity index (χ3n) is 6.90. The van der Waals surface area contributed by atoms with Crippen molar-refractivity contribution in [2.75, 3.05) is 0 Å². The minimum atomic E-state index is -2.58. The number of furan rings is 1. The van der Waals surface area contributed by atoms with E-state index in [1.54, 1.807) is 36.4 Å². The van der Waals surface area contributed by atoms with Crippen molar-refractivity contribution in [2.45, 2.75) is 59.1 Å². The second-order valence-electron chi connectivity index (χ2n) is 9.14. The Kier molecular flexibility index (Phi) is 3.08. The molecule has 6 rings (SSSR count). The number of nitrogens with zero attached hydrogens (tertiary/aromatic N) is 1. The first-order valence-corrected chi connectivity index (χ1v) is 11.6. The highest BCUT2D eigenvalue weighted by Gasteiger charge is 2.19. The van der Waals surface area contributed by atoms with Gasteiger partial charge in [-0.1, -0.05) is 49.2 Å². The Hall–Kier alpha value is -3.39. The molecule has 1 aliphatic rings. The first-order chi connectivity index (χ1) is 20.5. The van der Waals surface area contributed by atoms with E-state index >= 15 is 0 Å². The SMILES string of the molecule is [2H]C([2H])([2H])c1cc(C)c2c(c1)oc1c(-c3cc(-c4ccc(C5([2H])CCCC5)cc4C([2H])([2H])[2H])c(C([2H])([2H])[2H])cn3)cccc12. The Morgan fingerprint density at radius 1 is 0.882 bits per heavy atom. The predicted molar refractivity (Wildman–Crippen MR) is 143 cm³/mol. The van der Waals surface area contributed by atoms with Gasteiger partial charge in [0.25, 0.3) is 0 Å². The third-order valence-corrected chi connectivity index (χ3v) is 6.90. The van der Waals surface area contributed by atoms with Gasteiger partial charge in [0, 0.05) is 36.2 Å². The molecular formula is C32H31NO. The number of aryl methyl sites for hydroxylation is 4. The lowest BCUT2D eigenvalue weighted by Gasteiger charge is -2.15. The summed E-state index contributed by atoms with van der Waals surface area (Å²) in [5, 5.41) is 1.52. The number of benzene rings is 3. The van der Waals surface area contributed by atoms with Gasteiger partial charge in [0.1, 0.15) is 11.2 Å². The third kappa shape index (κ3) is 3.44. The van der Waals surface area contributed by atoms with Gasteiger partial charge in [-0.2, -0.15) is 0 Å². The molecule has 0 saturated heterocycles. The Labute approximate surface area is 215 Å². The van der Waals surface area contributed by atoms with E-state index in [-0.39, 0.29) is 27.8 Å². The van der Waals surface area contributed by atoms with Gasteiger partial charge < -0.3 is 4.42 Å². The van der Waals surface area contributed by atoms with Crippen LogP contribution in [-0.4, -0.2) is 4.98 Å². The summed E-state index contributed by atoms with van der Waals surface area (Å²) < 4.78 is 88.5. The van der Waals surface area contributed by atoms with Crippen LogP contribution in [-0.2, 0) is 0 Å². The Bertz CT molecular complexity index is 1910. The fourth-order valence-electron chi connectivity index (χ4n) is 5.25. The predicted octanol–water partition coefficient (Wildman–Crippen LogP) is 9.21. The maximum Gasteiger partial charge on any atom is 0.144 e. The number of rotatable bonds is 3. The lowest BCUT2D eigenvalue weighted by molar-refractivity contribution is 0.669. The van der Waals surface area contributed by atoms with Gasteiger partial charge in [-0.05, 0) is 103 Å². The Balaban J connectivity index is 1.59. The van der Waals surface area contributed by atoms with Crippen LogP contribution in [0, 0.1) is 27.5 Å². The molecule has 2 nitrogen and oxygen atoms in total. The molecule has 34 heavy (non-hydrogen) atoms. The molecule has 0 N–H and O–H groups in total. The number of hydrogen-bond acceptors (Lipinski definition) is 2. The summed E-state index contributed by atoms with van der Waals surface area (Å²) in [6.07, 6.45) is 4.34. The standard InChI is InChI=1S/C32H31NO/c1-19-14-21(3)31-27-11-7-10-26(32(27)34-30(31)15-19)29-17-28(22(4)18-33-29)25-13-12-24(16-20(25)2)23-8-5-6-9-23/h7,10-18,23H,5-6,8-9H2,1-4H3/i1D3,2D3,4D3,23D. The molecule has 2 aromatic heterocycles. The highest BCUT2D eigenvalue weighted by atomic mass is 16.3. The molecule has 0 amide bonds. The van der Waals surface area contributed by atoms with Crippen molar-refractivity contribution in [3.8, 4) is 22.4 Å². The molecule has 2 heteroatoms. The topological polar surface area (TPSA) is 26.0 Å². The van der Waals surface area contributed by atoms with E-state index in [0.29, 0.717) is 40.8 Å². The molecule has 1 fully saturated rings. The van der Waals surface area contributed by atoms with Crippen molar-refractivity contribution in [1.29, 1.82) is 0 Å². The second kappa shape index (κ2) is 8.13. The van der Waals surface area contributed by atoms with Crippen molar-refractivity contribution in [1.82, 2.24) is 4.98 Å². The Morgan fingerprint density at radius 2 is 1.76 bits per heavy atom. The fourth-order valence-corrected chi connectivity index (χ4v) is 5.25. The minimum Gasteiger partial charge on any atom is -0.455 e. The van der Waals surface area contributed by atoms with E-state index in [2.05, 4.69) is 4.98 Å². The van der Waals surface area contributed by atoms with E-state index in [0.717, 1.165) is 29.2 Å². The van der Waals surface area contributed by atoms with Crippen LogP contribution in [0.5, 0.6) is 0 Å². The molecule has 2 heterocycles. The smallest absolute Gasteiger partial charge is 0.144 e. The number of aromatic nitrogens is 1. The zero-order chi connectivity index (χ0) is 31.8. The molecule has 0 atom stereocenters. The molecule has 1 saturated carbocycles. The summed E-state index contributed by atoms with van der Waals surface area (Å²) in [5.74, 6) is -0.872. The number of pyridine rings is 1. The maximum absolute atomic E-state index is 8.95. The Morgan fingerprint density at radius 3 is 2.59 bits per heavy atom. The maximum atomic E-state index is 8.95. The molecule has 1 aliphatic carbocycles. The molecule has 170 valence electrons. The molecule has 0 radical (unpaired) electrons. The van der Waals surface area contributed by atoms with Gasteiger partial charge in [-0.3, -0.25) is 4.98 Å². The first-order valence-electron chi connectivity index (χ1n) is 16.6. The van der Waals surface area contributed by atoms with Crippen LogP contribution in [0.2, 0.25) is 0 Å². The van der Waals surface area contributed by atoms with E-state index in [1.165, 1.54) is 12.3 Å². The van der Waals surface area contributed by atoms with Crippen LogP contribution in [0.1, 0.15) is 73.1 Å². The molecule has 0 spiro atoms. The quantitative estimate of drug-likeness (QED) is 0.271. The van der Waals surface area contributed by atoms with Crippen LogP contribution in [0.25, 0.3) is 44.3 Å². The lowest BCUT2D eigenvalue weighted by atomic mass is 9.90. The normalized spacial score (nSPS) is 20.9. The fraction of sp³-hybridized carbons (Fsp3) is 0.281. The van der Waals surface area contributed by atoms with E-state index in [4.69, 9.17) is 18.1 Å². The molecular weight excluding hydrogens is 414 g/mol. The van der Waals surface area contributed by atoms with Crippen molar-refractivity contribution in [3.63, 3.8) is 0 Å². The number of para-hydroxylation sites is 1. The van der Waals surface area contributed by atoms with Crippen LogP contribution in [0.15, 0.2) is 65.2 Å². The summed E-state index contributed by atoms with van der Waals surface area (Å²) >= 11 is 0. The highest BCUT2D eigenvalue weighted by Crippen LogP contribution is 2.40. The van der Waals surface area contributed by atoms with Crippen LogP contribution in [0.3, 0.4) is 0 Å².